The summed E-state index contributed by atoms with van der Waals surface area (Å²) in [6, 6.07) is 1.98. The summed E-state index contributed by atoms with van der Waals surface area (Å²) >= 11 is 0. The second-order valence-electron chi connectivity index (χ2n) is 8.08. The Labute approximate surface area is 177 Å². The SMILES string of the molecule is CC(=CCC[C@H](C)C=C1OC(=O)C(C)=C1O)CCCc1cocc1Cc1ccoc1. The molecular formula is C25H30O5. The van der Waals surface area contributed by atoms with Crippen LogP contribution in [0.2, 0.25) is 0 Å². The summed E-state index contributed by atoms with van der Waals surface area (Å²) in [4.78, 5) is 11.5. The third-order valence-corrected chi connectivity index (χ3v) is 5.47. The predicted octanol–water partition coefficient (Wildman–Crippen LogP) is 6.42. The first kappa shape index (κ1) is 21.8. The molecule has 5 nitrogen and oxygen atoms in total. The van der Waals surface area contributed by atoms with Crippen molar-refractivity contribution in [3.05, 3.63) is 82.6 Å². The van der Waals surface area contributed by atoms with Crippen LogP contribution in [-0.4, -0.2) is 11.1 Å². The number of hydrogen-bond donors (Lipinski definition) is 1. The van der Waals surface area contributed by atoms with Crippen LogP contribution in [0.5, 0.6) is 0 Å². The molecule has 1 aliphatic heterocycles. The minimum absolute atomic E-state index is 0.0371. The molecule has 0 bridgehead atoms. The third-order valence-electron chi connectivity index (χ3n) is 5.47. The average molecular weight is 411 g/mol. The van der Waals surface area contributed by atoms with E-state index in [2.05, 4.69) is 19.9 Å². The highest BCUT2D eigenvalue weighted by atomic mass is 16.6. The van der Waals surface area contributed by atoms with E-state index in [-0.39, 0.29) is 23.0 Å². The zero-order valence-corrected chi connectivity index (χ0v) is 17.9. The van der Waals surface area contributed by atoms with Gasteiger partial charge >= 0.3 is 5.97 Å². The Balaban J connectivity index is 1.40. The zero-order chi connectivity index (χ0) is 21.5. The summed E-state index contributed by atoms with van der Waals surface area (Å²) in [6.45, 7) is 5.80. The van der Waals surface area contributed by atoms with Crippen molar-refractivity contribution in [3.8, 4) is 0 Å². The van der Waals surface area contributed by atoms with Crippen LogP contribution >= 0.6 is 0 Å². The van der Waals surface area contributed by atoms with Gasteiger partial charge in [-0.15, -0.1) is 0 Å². The smallest absolute Gasteiger partial charge is 0.343 e. The van der Waals surface area contributed by atoms with Crippen LogP contribution in [-0.2, 0) is 22.4 Å². The number of aliphatic hydroxyl groups is 1. The number of aryl methyl sites for hydroxylation is 1. The highest BCUT2D eigenvalue weighted by Gasteiger charge is 2.26. The lowest BCUT2D eigenvalue weighted by molar-refractivity contribution is -0.133. The minimum Gasteiger partial charge on any atom is -0.504 e. The molecule has 1 atom stereocenters. The van der Waals surface area contributed by atoms with E-state index in [0.717, 1.165) is 44.1 Å². The monoisotopic (exact) mass is 410 g/mol. The maximum Gasteiger partial charge on any atom is 0.343 e. The summed E-state index contributed by atoms with van der Waals surface area (Å²) < 4.78 is 15.6. The van der Waals surface area contributed by atoms with Crippen molar-refractivity contribution in [2.75, 3.05) is 0 Å². The molecule has 0 amide bonds. The second-order valence-corrected chi connectivity index (χ2v) is 8.08. The Morgan fingerprint density at radius 1 is 1.20 bits per heavy atom. The van der Waals surface area contributed by atoms with E-state index < -0.39 is 5.97 Å². The highest BCUT2D eigenvalue weighted by molar-refractivity contribution is 5.93. The van der Waals surface area contributed by atoms with Gasteiger partial charge in [0.05, 0.1) is 30.6 Å². The molecule has 0 spiro atoms. The number of ether oxygens (including phenoxy) is 1. The standard InChI is InChI=1S/C25H30O5/c1-17(6-4-8-18(2)12-23-24(26)19(3)25(27)30-23)7-5-9-21-15-29-16-22(21)13-20-10-11-28-14-20/h6,10-12,14-16,18,26H,4-5,7-9,13H2,1-3H3/t18-/m0/s1. The van der Waals surface area contributed by atoms with Crippen LogP contribution in [0.15, 0.2) is 74.8 Å². The fourth-order valence-corrected chi connectivity index (χ4v) is 3.55. The fraction of sp³-hybridized carbons (Fsp3) is 0.400. The number of hydrogen-bond acceptors (Lipinski definition) is 5. The van der Waals surface area contributed by atoms with E-state index in [0.29, 0.717) is 0 Å². The molecule has 0 unspecified atom stereocenters. The van der Waals surface area contributed by atoms with Crippen LogP contribution in [0.1, 0.15) is 63.1 Å². The third kappa shape index (κ3) is 5.78. The molecule has 3 heterocycles. The summed E-state index contributed by atoms with van der Waals surface area (Å²) in [7, 11) is 0. The van der Waals surface area contributed by atoms with Crippen LogP contribution < -0.4 is 0 Å². The first-order valence-corrected chi connectivity index (χ1v) is 10.5. The quantitative estimate of drug-likeness (QED) is 0.361. The molecule has 0 fully saturated rings. The molecule has 0 saturated carbocycles. The van der Waals surface area contributed by atoms with Gasteiger partial charge < -0.3 is 18.7 Å². The first-order valence-electron chi connectivity index (χ1n) is 10.5. The van der Waals surface area contributed by atoms with Crippen molar-refractivity contribution in [1.82, 2.24) is 0 Å². The molecule has 0 aliphatic carbocycles. The van der Waals surface area contributed by atoms with Crippen molar-refractivity contribution in [1.29, 1.82) is 0 Å². The van der Waals surface area contributed by atoms with Crippen LogP contribution in [0.25, 0.3) is 0 Å². The van der Waals surface area contributed by atoms with E-state index in [1.807, 2.05) is 24.7 Å². The number of carbonyl (C=O) groups is 1. The highest BCUT2D eigenvalue weighted by Crippen LogP contribution is 2.26. The second kappa shape index (κ2) is 10.2. The molecule has 1 N–H and O–H groups in total. The lowest BCUT2D eigenvalue weighted by Crippen LogP contribution is -1.97. The van der Waals surface area contributed by atoms with Gasteiger partial charge in [0, 0.05) is 6.42 Å². The molecule has 0 aromatic carbocycles. The Hall–Kier alpha value is -2.95. The van der Waals surface area contributed by atoms with Crippen LogP contribution in [0.3, 0.4) is 0 Å². The van der Waals surface area contributed by atoms with E-state index in [1.165, 1.54) is 16.7 Å². The lowest BCUT2D eigenvalue weighted by atomic mass is 9.99. The summed E-state index contributed by atoms with van der Waals surface area (Å²) in [5.41, 5.74) is 5.29. The van der Waals surface area contributed by atoms with Gasteiger partial charge in [-0.3, -0.25) is 0 Å². The van der Waals surface area contributed by atoms with Gasteiger partial charge in [0.2, 0.25) is 0 Å². The van der Waals surface area contributed by atoms with E-state index in [9.17, 15) is 9.90 Å². The van der Waals surface area contributed by atoms with Gasteiger partial charge in [0.1, 0.15) is 0 Å². The topological polar surface area (TPSA) is 72.8 Å². The number of esters is 1. The molecule has 0 saturated heterocycles. The van der Waals surface area contributed by atoms with E-state index in [4.69, 9.17) is 13.6 Å². The molecule has 1 aliphatic rings. The Bertz CT molecular complexity index is 940. The number of carbonyl (C=O) groups excluding carboxylic acids is 1. The number of rotatable bonds is 10. The maximum absolute atomic E-state index is 11.5. The molecule has 2 aromatic heterocycles. The largest absolute Gasteiger partial charge is 0.504 e. The summed E-state index contributed by atoms with van der Waals surface area (Å²) in [6.07, 6.45) is 17.1. The molecule has 160 valence electrons. The fourth-order valence-electron chi connectivity index (χ4n) is 3.55. The Morgan fingerprint density at radius 2 is 2.00 bits per heavy atom. The van der Waals surface area contributed by atoms with Gasteiger partial charge in [-0.2, -0.15) is 0 Å². The van der Waals surface area contributed by atoms with E-state index >= 15 is 0 Å². The van der Waals surface area contributed by atoms with E-state index in [1.54, 1.807) is 19.5 Å². The molecule has 2 aromatic rings. The molecule has 30 heavy (non-hydrogen) atoms. The van der Waals surface area contributed by atoms with Crippen LogP contribution in [0.4, 0.5) is 0 Å². The number of allylic oxidation sites excluding steroid dienone is 3. The van der Waals surface area contributed by atoms with Crippen molar-refractivity contribution in [2.45, 2.75) is 59.3 Å². The molecule has 3 rings (SSSR count). The number of aliphatic hydroxyl groups excluding tert-OH is 1. The van der Waals surface area contributed by atoms with Gasteiger partial charge in [-0.1, -0.05) is 18.6 Å². The Morgan fingerprint density at radius 3 is 2.70 bits per heavy atom. The Kier molecular flexibility index (Phi) is 7.39. The maximum atomic E-state index is 11.5. The average Bonchev–Trinajstić information content (AvgIpc) is 3.43. The molecule has 0 radical (unpaired) electrons. The van der Waals surface area contributed by atoms with Crippen molar-refractivity contribution in [3.63, 3.8) is 0 Å². The van der Waals surface area contributed by atoms with Gasteiger partial charge in [0.25, 0.3) is 0 Å². The summed E-state index contributed by atoms with van der Waals surface area (Å²) in [5, 5.41) is 9.90. The molecular weight excluding hydrogens is 380 g/mol. The van der Waals surface area contributed by atoms with Crippen molar-refractivity contribution in [2.24, 2.45) is 5.92 Å². The van der Waals surface area contributed by atoms with Gasteiger partial charge in [-0.25, -0.2) is 4.79 Å². The minimum atomic E-state index is -0.466. The number of cyclic esters (lactones) is 1. The van der Waals surface area contributed by atoms with Gasteiger partial charge in [0.15, 0.2) is 11.5 Å². The lowest BCUT2D eigenvalue weighted by Gasteiger charge is -2.07. The number of furan rings is 2. The predicted molar refractivity (Wildman–Crippen MR) is 115 cm³/mol. The summed E-state index contributed by atoms with van der Waals surface area (Å²) in [5.74, 6) is -0.00413. The van der Waals surface area contributed by atoms with Gasteiger partial charge in [-0.05, 0) is 80.7 Å². The normalized spacial score (nSPS) is 17.1. The van der Waals surface area contributed by atoms with Crippen molar-refractivity contribution < 1.29 is 23.5 Å². The zero-order valence-electron chi connectivity index (χ0n) is 17.9. The molecule has 5 heteroatoms. The first-order chi connectivity index (χ1) is 14.4. The van der Waals surface area contributed by atoms with Crippen LogP contribution in [0, 0.1) is 5.92 Å². The van der Waals surface area contributed by atoms with Crippen molar-refractivity contribution >= 4 is 5.97 Å².